The molecule has 1 N–H and O–H groups in total. The number of carbonyl (C=O) groups excluding carboxylic acids is 1. The fourth-order valence-corrected chi connectivity index (χ4v) is 5.31. The number of nitrogens with zero attached hydrogens (tertiary/aromatic N) is 2. The number of aliphatic hydroxyl groups excluding tert-OH is 1. The summed E-state index contributed by atoms with van der Waals surface area (Å²) in [6, 6.07) is 8.93. The topological polar surface area (TPSA) is 63.1 Å². The van der Waals surface area contributed by atoms with Gasteiger partial charge in [0.25, 0.3) is 5.92 Å². The van der Waals surface area contributed by atoms with Crippen LogP contribution in [0.1, 0.15) is 43.2 Å². The van der Waals surface area contributed by atoms with Crippen molar-refractivity contribution < 1.29 is 53.8 Å². The average Bonchev–Trinajstić information content (AvgIpc) is 3.58. The minimum atomic E-state index is -4.45. The molecule has 1 atom stereocenters. The first kappa shape index (κ1) is 43.5. The van der Waals surface area contributed by atoms with E-state index in [1.807, 2.05) is 15.9 Å². The van der Waals surface area contributed by atoms with Crippen LogP contribution >= 0.6 is 38.6 Å². The first-order chi connectivity index (χ1) is 21.5. The standard InChI is InChI=1S/C15H12F5NOS.C12H8F3NOS.C3H3BrF2.In.3H/c1-3-14(16,17)12(22)11-8(2)21-13(23-11)9-4-6-10(7-5-9)15(18,19)20;1-7-10(6-17)18-11(16-7)8-2-4-9(5-3-8)12(13,14)15;1-2-3(4,5)6;;;;/h3-7,12,22H,1H2,2H3;2-6H,1H3;2H,1H2;;;;. The fraction of sp³-hybridized carbons (Fsp3) is 0.233. The van der Waals surface area contributed by atoms with Gasteiger partial charge in [-0.1, -0.05) is 37.4 Å². The molecule has 2 aromatic carbocycles. The van der Waals surface area contributed by atoms with E-state index in [0.29, 0.717) is 45.1 Å². The first-order valence-corrected chi connectivity index (χ1v) is 15.1. The molecule has 0 aliphatic heterocycles. The quantitative estimate of drug-likeness (QED) is 0.0869. The summed E-state index contributed by atoms with van der Waals surface area (Å²) in [7, 11) is 0. The summed E-state index contributed by atoms with van der Waals surface area (Å²) in [6.45, 7) is 8.94. The van der Waals surface area contributed by atoms with E-state index in [1.165, 1.54) is 42.5 Å². The van der Waals surface area contributed by atoms with Crippen LogP contribution < -0.4 is 0 Å². The summed E-state index contributed by atoms with van der Waals surface area (Å²) < 4.78 is 124. The maximum absolute atomic E-state index is 13.5. The van der Waals surface area contributed by atoms with E-state index in [4.69, 9.17) is 0 Å². The van der Waals surface area contributed by atoms with Crippen LogP contribution in [0.4, 0.5) is 43.9 Å². The van der Waals surface area contributed by atoms with Gasteiger partial charge in [-0.25, -0.2) is 9.97 Å². The molecule has 1 unspecified atom stereocenters. The van der Waals surface area contributed by atoms with E-state index in [-0.39, 0.29) is 41.4 Å². The molecule has 18 heteroatoms. The van der Waals surface area contributed by atoms with Gasteiger partial charge >= 0.3 is 43.0 Å². The zero-order chi connectivity index (χ0) is 36.0. The fourth-order valence-electron chi connectivity index (χ4n) is 3.32. The zero-order valence-electron chi connectivity index (χ0n) is 24.1. The van der Waals surface area contributed by atoms with Crippen molar-refractivity contribution in [2.45, 2.75) is 43.1 Å². The number of aryl methyl sites for hydroxylation is 2. The van der Waals surface area contributed by atoms with Crippen LogP contribution in [0.5, 0.6) is 0 Å². The van der Waals surface area contributed by atoms with E-state index in [1.54, 1.807) is 6.92 Å². The minimum absolute atomic E-state index is 0. The molecule has 260 valence electrons. The Bertz CT molecular complexity index is 1670. The van der Waals surface area contributed by atoms with Crippen LogP contribution in [0, 0.1) is 13.8 Å². The van der Waals surface area contributed by atoms with Gasteiger partial charge < -0.3 is 5.11 Å². The van der Waals surface area contributed by atoms with Gasteiger partial charge in [0.2, 0.25) is 0 Å². The summed E-state index contributed by atoms with van der Waals surface area (Å²) in [6.07, 6.45) is -9.33. The first-order valence-electron chi connectivity index (χ1n) is 12.7. The number of allylic oxidation sites excluding steroid dienone is 1. The van der Waals surface area contributed by atoms with E-state index in [2.05, 4.69) is 23.1 Å². The number of aliphatic hydroxyl groups is 1. The number of hydrogen-bond donors (Lipinski definition) is 1. The van der Waals surface area contributed by atoms with Crippen molar-refractivity contribution in [3.8, 4) is 21.1 Å². The van der Waals surface area contributed by atoms with E-state index in [9.17, 15) is 53.8 Å². The molecule has 0 radical (unpaired) electrons. The number of thiazole rings is 2. The number of aldehydes is 1. The Morgan fingerprint density at radius 1 is 0.729 bits per heavy atom. The third kappa shape index (κ3) is 12.4. The van der Waals surface area contributed by atoms with Gasteiger partial charge in [-0.3, -0.25) is 4.79 Å². The Morgan fingerprint density at radius 3 is 1.42 bits per heavy atom. The Kier molecular flexibility index (Phi) is 15.8. The molecule has 4 nitrogen and oxygen atoms in total. The monoisotopic (exact) mass is 894 g/mol. The molecule has 0 aliphatic rings. The molecular formula is C30H26BrF10InN2O2S2. The van der Waals surface area contributed by atoms with Gasteiger partial charge in [0.05, 0.1) is 32.3 Å². The third-order valence-corrected chi connectivity index (χ3v) is 8.52. The number of halogens is 11. The summed E-state index contributed by atoms with van der Waals surface area (Å²) in [5, 5.41) is 10.5. The summed E-state index contributed by atoms with van der Waals surface area (Å²) in [4.78, 5) is 16.4. The Labute approximate surface area is 303 Å². The molecule has 48 heavy (non-hydrogen) atoms. The molecule has 0 amide bonds. The SMILES string of the molecule is C=CC(F)(F)Br.C=CC(F)(F)C(O)c1sc(-c2ccc(C(F)(F)F)cc2)nc1C.Cc1nc(-c2ccc(C(F)(F)F)cc2)sc1C=O.[InH3]. The van der Waals surface area contributed by atoms with Gasteiger partial charge in [0.1, 0.15) is 10.0 Å². The van der Waals surface area contributed by atoms with E-state index in [0.717, 1.165) is 35.6 Å². The van der Waals surface area contributed by atoms with Gasteiger partial charge in [-0.05, 0) is 66.2 Å². The van der Waals surface area contributed by atoms with Gasteiger partial charge in [-0.2, -0.15) is 43.9 Å². The molecule has 0 aliphatic carbocycles. The molecule has 0 fully saturated rings. The van der Waals surface area contributed by atoms with Crippen LogP contribution in [-0.2, 0) is 12.4 Å². The van der Waals surface area contributed by atoms with Crippen LogP contribution in [0.15, 0.2) is 73.8 Å². The molecule has 4 rings (SSSR count). The second-order valence-corrected chi connectivity index (χ2v) is 12.4. The molecule has 0 bridgehead atoms. The molecule has 0 spiro atoms. The zero-order valence-corrected chi connectivity index (χ0v) is 27.3. The molecular weight excluding hydrogens is 869 g/mol. The second-order valence-electron chi connectivity index (χ2n) is 9.23. The summed E-state index contributed by atoms with van der Waals surface area (Å²) in [5.41, 5.74) is 0.197. The number of hydrogen-bond acceptors (Lipinski definition) is 6. The predicted molar refractivity (Wildman–Crippen MR) is 174 cm³/mol. The van der Waals surface area contributed by atoms with Gasteiger partial charge in [0.15, 0.2) is 12.4 Å². The molecule has 0 saturated heterocycles. The average molecular weight is 895 g/mol. The van der Waals surface area contributed by atoms with Crippen LogP contribution in [0.2, 0.25) is 0 Å². The summed E-state index contributed by atoms with van der Waals surface area (Å²) in [5.74, 6) is -3.52. The van der Waals surface area contributed by atoms with Crippen molar-refractivity contribution in [2.24, 2.45) is 0 Å². The molecule has 2 heterocycles. The second kappa shape index (κ2) is 17.4. The van der Waals surface area contributed by atoms with E-state index < -0.39 is 40.3 Å². The predicted octanol–water partition coefficient (Wildman–Crippen LogP) is 9.92. The number of benzene rings is 2. The molecule has 4 aromatic rings. The van der Waals surface area contributed by atoms with Crippen molar-refractivity contribution in [1.82, 2.24) is 9.97 Å². The normalized spacial score (nSPS) is 12.4. The third-order valence-electron chi connectivity index (χ3n) is 5.81. The number of aromatic nitrogens is 2. The number of carbonyl (C=O) groups is 1. The number of alkyl halides is 11. The Hall–Kier alpha value is -2.54. The van der Waals surface area contributed by atoms with Crippen molar-refractivity contribution in [3.05, 3.63) is 106 Å². The van der Waals surface area contributed by atoms with Crippen molar-refractivity contribution in [3.63, 3.8) is 0 Å². The van der Waals surface area contributed by atoms with Crippen molar-refractivity contribution in [1.29, 1.82) is 0 Å². The van der Waals surface area contributed by atoms with E-state index >= 15 is 0 Å². The maximum atomic E-state index is 13.5. The summed E-state index contributed by atoms with van der Waals surface area (Å²) >= 11 is 4.00. The van der Waals surface area contributed by atoms with Crippen molar-refractivity contribution in [2.75, 3.05) is 0 Å². The van der Waals surface area contributed by atoms with Gasteiger partial charge in [-0.15, -0.1) is 22.7 Å². The Balaban J connectivity index is 0.000000411. The van der Waals surface area contributed by atoms with Crippen LogP contribution in [0.3, 0.4) is 0 Å². The van der Waals surface area contributed by atoms with Gasteiger partial charge in [0, 0.05) is 11.1 Å². The van der Waals surface area contributed by atoms with Crippen molar-refractivity contribution >= 4 is 70.7 Å². The number of rotatable bonds is 7. The molecule has 2 aromatic heterocycles. The Morgan fingerprint density at radius 2 is 1.10 bits per heavy atom. The van der Waals surface area contributed by atoms with Crippen LogP contribution in [-0.4, -0.2) is 58.0 Å². The molecule has 0 saturated carbocycles. The van der Waals surface area contributed by atoms with Crippen LogP contribution in [0.25, 0.3) is 21.1 Å².